The van der Waals surface area contributed by atoms with Crippen molar-refractivity contribution in [2.45, 2.75) is 6.54 Å². The smallest absolute Gasteiger partial charge is 0.193 e. The second-order valence-electron chi connectivity index (χ2n) is 4.55. The molecule has 0 saturated carbocycles. The van der Waals surface area contributed by atoms with Gasteiger partial charge >= 0.3 is 0 Å². The topological polar surface area (TPSA) is 89.1 Å². The van der Waals surface area contributed by atoms with Crippen LogP contribution in [0, 0.1) is 0 Å². The predicted octanol–water partition coefficient (Wildman–Crippen LogP) is 2.95. The maximum Gasteiger partial charge on any atom is 0.193 e. The highest BCUT2D eigenvalue weighted by molar-refractivity contribution is 14.0. The van der Waals surface area contributed by atoms with Gasteiger partial charge in [-0.15, -0.1) is 24.0 Å². The second kappa shape index (κ2) is 9.09. The van der Waals surface area contributed by atoms with Gasteiger partial charge in [0.1, 0.15) is 17.2 Å². The van der Waals surface area contributed by atoms with Crippen LogP contribution in [-0.4, -0.2) is 25.3 Å². The number of aromatic hydroxyl groups is 1. The maximum atomic E-state index is 9.79. The molecule has 0 aliphatic carbocycles. The average Bonchev–Trinajstić information content (AvgIpc) is 2.55. The molecule has 2 rings (SSSR count). The Morgan fingerprint density at radius 3 is 2.30 bits per heavy atom. The summed E-state index contributed by atoms with van der Waals surface area (Å²) in [6.45, 7) is 0.248. The molecule has 23 heavy (non-hydrogen) atoms. The molecule has 124 valence electrons. The SMILES string of the molecule is COc1ccc(NC(N)=NCc2cc(OC)ccc2O)cc1.I. The zero-order chi connectivity index (χ0) is 15.9. The highest BCUT2D eigenvalue weighted by Crippen LogP contribution is 2.23. The minimum absolute atomic E-state index is 0. The monoisotopic (exact) mass is 429 g/mol. The molecule has 7 heteroatoms. The molecular formula is C16H20IN3O3. The van der Waals surface area contributed by atoms with Crippen molar-refractivity contribution in [3.63, 3.8) is 0 Å². The first-order valence-corrected chi connectivity index (χ1v) is 6.69. The van der Waals surface area contributed by atoms with Gasteiger partial charge in [0.15, 0.2) is 5.96 Å². The number of anilines is 1. The summed E-state index contributed by atoms with van der Waals surface area (Å²) in [5.41, 5.74) is 7.28. The quantitative estimate of drug-likeness (QED) is 0.387. The van der Waals surface area contributed by atoms with Gasteiger partial charge in [0.25, 0.3) is 0 Å². The molecule has 0 amide bonds. The van der Waals surface area contributed by atoms with E-state index in [0.29, 0.717) is 11.3 Å². The number of rotatable bonds is 5. The van der Waals surface area contributed by atoms with Crippen LogP contribution in [0.5, 0.6) is 17.2 Å². The maximum absolute atomic E-state index is 9.79. The molecule has 2 aromatic rings. The van der Waals surface area contributed by atoms with Crippen molar-refractivity contribution in [3.8, 4) is 17.2 Å². The molecule has 0 atom stereocenters. The first kappa shape index (κ1) is 18.9. The molecule has 4 N–H and O–H groups in total. The number of methoxy groups -OCH3 is 2. The third kappa shape index (κ3) is 5.51. The third-order valence-corrected chi connectivity index (χ3v) is 3.07. The lowest BCUT2D eigenvalue weighted by Gasteiger charge is -2.08. The number of ether oxygens (including phenoxy) is 2. The van der Waals surface area contributed by atoms with Crippen molar-refractivity contribution < 1.29 is 14.6 Å². The summed E-state index contributed by atoms with van der Waals surface area (Å²) in [6.07, 6.45) is 0. The lowest BCUT2D eigenvalue weighted by atomic mass is 10.2. The standard InChI is InChI=1S/C16H19N3O3.HI/c1-21-13-5-3-12(4-6-13)19-16(17)18-10-11-9-14(22-2)7-8-15(11)20;/h3-9,20H,10H2,1-2H3,(H3,17,18,19);1H. The van der Waals surface area contributed by atoms with E-state index in [1.54, 1.807) is 32.4 Å². The number of benzene rings is 2. The summed E-state index contributed by atoms with van der Waals surface area (Å²) in [5.74, 6) is 1.83. The molecule has 0 fully saturated rings. The first-order chi connectivity index (χ1) is 10.6. The molecule has 0 aliphatic rings. The van der Waals surface area contributed by atoms with Crippen LogP contribution < -0.4 is 20.5 Å². The van der Waals surface area contributed by atoms with Crippen LogP contribution in [-0.2, 0) is 6.54 Å². The minimum Gasteiger partial charge on any atom is -0.508 e. The number of aliphatic imine (C=N–C) groups is 1. The lowest BCUT2D eigenvalue weighted by molar-refractivity contribution is 0.411. The average molecular weight is 429 g/mol. The number of hydrogen-bond donors (Lipinski definition) is 3. The Morgan fingerprint density at radius 1 is 1.09 bits per heavy atom. The summed E-state index contributed by atoms with van der Waals surface area (Å²) >= 11 is 0. The highest BCUT2D eigenvalue weighted by Gasteiger charge is 2.03. The molecule has 6 nitrogen and oxygen atoms in total. The van der Waals surface area contributed by atoms with Crippen molar-refractivity contribution in [1.82, 2.24) is 0 Å². The summed E-state index contributed by atoms with van der Waals surface area (Å²) in [7, 11) is 3.18. The van der Waals surface area contributed by atoms with Gasteiger partial charge in [0, 0.05) is 11.3 Å². The second-order valence-corrected chi connectivity index (χ2v) is 4.55. The highest BCUT2D eigenvalue weighted by atomic mass is 127. The van der Waals surface area contributed by atoms with Crippen LogP contribution in [0.4, 0.5) is 5.69 Å². The minimum atomic E-state index is 0. The zero-order valence-electron chi connectivity index (χ0n) is 12.9. The number of nitrogens with zero attached hydrogens (tertiary/aromatic N) is 1. The zero-order valence-corrected chi connectivity index (χ0v) is 15.3. The van der Waals surface area contributed by atoms with E-state index in [-0.39, 0.29) is 42.2 Å². The summed E-state index contributed by atoms with van der Waals surface area (Å²) in [6, 6.07) is 12.3. The fourth-order valence-corrected chi connectivity index (χ4v) is 1.85. The van der Waals surface area contributed by atoms with Gasteiger partial charge in [-0.1, -0.05) is 0 Å². The molecule has 0 aliphatic heterocycles. The van der Waals surface area contributed by atoms with E-state index in [1.807, 2.05) is 24.3 Å². The fraction of sp³-hybridized carbons (Fsp3) is 0.188. The lowest BCUT2D eigenvalue weighted by Crippen LogP contribution is -2.22. The molecule has 0 heterocycles. The van der Waals surface area contributed by atoms with E-state index in [0.717, 1.165) is 11.4 Å². The number of nitrogens with one attached hydrogen (secondary N) is 1. The van der Waals surface area contributed by atoms with Gasteiger partial charge < -0.3 is 25.6 Å². The summed E-state index contributed by atoms with van der Waals surface area (Å²) in [4.78, 5) is 4.21. The first-order valence-electron chi connectivity index (χ1n) is 6.69. The van der Waals surface area contributed by atoms with Gasteiger partial charge in [-0.3, -0.25) is 0 Å². The molecular weight excluding hydrogens is 409 g/mol. The van der Waals surface area contributed by atoms with Crippen LogP contribution >= 0.6 is 24.0 Å². The van der Waals surface area contributed by atoms with Gasteiger partial charge in [-0.2, -0.15) is 0 Å². The fourth-order valence-electron chi connectivity index (χ4n) is 1.85. The summed E-state index contributed by atoms with van der Waals surface area (Å²) in [5, 5.41) is 12.8. The summed E-state index contributed by atoms with van der Waals surface area (Å²) < 4.78 is 10.2. The number of guanidine groups is 1. The Labute approximate surface area is 152 Å². The number of phenolic OH excluding ortho intramolecular Hbond substituents is 1. The van der Waals surface area contributed by atoms with Crippen LogP contribution in [0.2, 0.25) is 0 Å². The molecule has 0 saturated heterocycles. The molecule has 2 aromatic carbocycles. The van der Waals surface area contributed by atoms with Gasteiger partial charge in [0.2, 0.25) is 0 Å². The molecule has 0 radical (unpaired) electrons. The van der Waals surface area contributed by atoms with E-state index >= 15 is 0 Å². The van der Waals surface area contributed by atoms with Crippen LogP contribution in [0.1, 0.15) is 5.56 Å². The third-order valence-electron chi connectivity index (χ3n) is 3.07. The van der Waals surface area contributed by atoms with E-state index < -0.39 is 0 Å². The normalized spacial score (nSPS) is 10.6. The number of phenols is 1. The van der Waals surface area contributed by atoms with Crippen molar-refractivity contribution in [1.29, 1.82) is 0 Å². The van der Waals surface area contributed by atoms with Gasteiger partial charge in [0.05, 0.1) is 20.8 Å². The number of halogens is 1. The Bertz CT molecular complexity index is 660. The van der Waals surface area contributed by atoms with Gasteiger partial charge in [-0.25, -0.2) is 4.99 Å². The molecule has 0 spiro atoms. The number of nitrogens with two attached hydrogens (primary N) is 1. The predicted molar refractivity (Wildman–Crippen MR) is 102 cm³/mol. The molecule has 0 bridgehead atoms. The Balaban J connectivity index is 0.00000264. The molecule has 0 aromatic heterocycles. The van der Waals surface area contributed by atoms with E-state index in [4.69, 9.17) is 15.2 Å². The van der Waals surface area contributed by atoms with Crippen molar-refractivity contribution in [3.05, 3.63) is 48.0 Å². The van der Waals surface area contributed by atoms with Crippen LogP contribution in [0.3, 0.4) is 0 Å². The van der Waals surface area contributed by atoms with E-state index in [2.05, 4.69) is 10.3 Å². The number of hydrogen-bond acceptors (Lipinski definition) is 4. The Kier molecular flexibility index (Phi) is 7.46. The van der Waals surface area contributed by atoms with Gasteiger partial charge in [-0.05, 0) is 42.5 Å². The van der Waals surface area contributed by atoms with Crippen LogP contribution in [0.25, 0.3) is 0 Å². The van der Waals surface area contributed by atoms with Crippen LogP contribution in [0.15, 0.2) is 47.5 Å². The van der Waals surface area contributed by atoms with Crippen molar-refractivity contribution >= 4 is 35.6 Å². The molecule has 0 unspecified atom stereocenters. The van der Waals surface area contributed by atoms with E-state index in [1.165, 1.54) is 0 Å². The Morgan fingerprint density at radius 2 is 1.70 bits per heavy atom. The Hall–Kier alpha value is -2.16. The largest absolute Gasteiger partial charge is 0.508 e. The van der Waals surface area contributed by atoms with Crippen molar-refractivity contribution in [2.24, 2.45) is 10.7 Å². The van der Waals surface area contributed by atoms with Crippen molar-refractivity contribution in [2.75, 3.05) is 19.5 Å². The van der Waals surface area contributed by atoms with E-state index in [9.17, 15) is 5.11 Å².